The predicted molar refractivity (Wildman–Crippen MR) is 100 cm³/mol. The van der Waals surface area contributed by atoms with Crippen molar-refractivity contribution in [1.82, 2.24) is 19.5 Å². The number of aryl methyl sites for hydroxylation is 2. The average molecular weight is 366 g/mol. The summed E-state index contributed by atoms with van der Waals surface area (Å²) >= 11 is 0. The summed E-state index contributed by atoms with van der Waals surface area (Å²) in [7, 11) is -0.313. The molecule has 0 radical (unpaired) electrons. The quantitative estimate of drug-likeness (QED) is 0.751. The summed E-state index contributed by atoms with van der Waals surface area (Å²) in [6.07, 6.45) is 3.10. The van der Waals surface area contributed by atoms with Crippen LogP contribution in [0, 0.1) is 6.92 Å². The molecule has 1 aromatic carbocycles. The van der Waals surface area contributed by atoms with E-state index in [-0.39, 0.29) is 4.90 Å². The first-order valence-corrected chi connectivity index (χ1v) is 10.0. The van der Waals surface area contributed by atoms with E-state index in [1.54, 1.807) is 22.9 Å². The van der Waals surface area contributed by atoms with Crippen LogP contribution in [-0.4, -0.2) is 36.3 Å². The van der Waals surface area contributed by atoms with Crippen LogP contribution in [-0.2, 0) is 17.1 Å². The second-order valence-electron chi connectivity index (χ2n) is 6.06. The molecule has 2 aromatic rings. The highest BCUT2D eigenvalue weighted by atomic mass is 32.2. The summed E-state index contributed by atoms with van der Waals surface area (Å²) in [6.45, 7) is 6.15. The molecule has 1 heterocycles. The molecular weight excluding hydrogens is 338 g/mol. The van der Waals surface area contributed by atoms with Gasteiger partial charge in [0.1, 0.15) is 5.82 Å². The largest absolute Gasteiger partial charge is 0.382 e. The van der Waals surface area contributed by atoms with Gasteiger partial charge in [-0.3, -0.25) is 4.68 Å². The monoisotopic (exact) mass is 365 g/mol. The number of nitrogens with zero attached hydrogens (tertiary/aromatic N) is 3. The minimum atomic E-state index is -3.53. The Labute approximate surface area is 149 Å². The lowest BCUT2D eigenvalue weighted by Gasteiger charge is -2.20. The lowest BCUT2D eigenvalue weighted by molar-refractivity contribution is 0.588. The molecule has 8 heteroatoms. The van der Waals surface area contributed by atoms with Crippen molar-refractivity contribution in [1.29, 1.82) is 0 Å². The number of aromatic nitrogens is 3. The van der Waals surface area contributed by atoms with Crippen molar-refractivity contribution in [2.75, 3.05) is 12.4 Å². The van der Waals surface area contributed by atoms with Crippen LogP contribution in [0.4, 0.5) is 5.69 Å². The fraction of sp³-hybridized carbons (Fsp3) is 0.529. The Morgan fingerprint density at radius 2 is 2.00 bits per heavy atom. The molecule has 0 saturated heterocycles. The number of anilines is 1. The summed E-state index contributed by atoms with van der Waals surface area (Å²) in [4.78, 5) is 4.66. The Hall–Kier alpha value is -1.93. The minimum absolute atomic E-state index is 0.198. The van der Waals surface area contributed by atoms with Gasteiger partial charge in [-0.25, -0.2) is 18.1 Å². The number of hydrogen-bond acceptors (Lipinski definition) is 5. The Bertz CT molecular complexity index is 810. The molecule has 0 saturated carbocycles. The zero-order valence-electron chi connectivity index (χ0n) is 15.5. The van der Waals surface area contributed by atoms with E-state index in [2.05, 4.69) is 34.0 Å². The molecule has 138 valence electrons. The molecule has 2 N–H and O–H groups in total. The second kappa shape index (κ2) is 7.97. The Balaban J connectivity index is 2.55. The standard InChI is InChI=1S/C17H27N5O2S/c1-6-8-13(7-2)20-16-10-9-14(25(23,24)18-4)11-15(16)17-19-12(3)22(5)21-17/h9-11,13,18,20H,6-8H2,1-5H3. The van der Waals surface area contributed by atoms with Gasteiger partial charge in [0.2, 0.25) is 10.0 Å². The van der Waals surface area contributed by atoms with Gasteiger partial charge >= 0.3 is 0 Å². The number of rotatable bonds is 8. The number of benzene rings is 1. The Morgan fingerprint density at radius 3 is 2.52 bits per heavy atom. The van der Waals surface area contributed by atoms with E-state index in [4.69, 9.17) is 0 Å². The zero-order chi connectivity index (χ0) is 18.6. The molecule has 25 heavy (non-hydrogen) atoms. The highest BCUT2D eigenvalue weighted by molar-refractivity contribution is 7.89. The fourth-order valence-electron chi connectivity index (χ4n) is 2.64. The summed E-state index contributed by atoms with van der Waals surface area (Å²) in [6, 6.07) is 5.34. The van der Waals surface area contributed by atoms with Crippen LogP contribution in [0.3, 0.4) is 0 Å². The molecule has 0 aliphatic heterocycles. The van der Waals surface area contributed by atoms with Crippen molar-refractivity contribution in [2.45, 2.75) is 51.0 Å². The van der Waals surface area contributed by atoms with Gasteiger partial charge in [0.05, 0.1) is 4.90 Å². The third kappa shape index (κ3) is 4.38. The van der Waals surface area contributed by atoms with E-state index in [0.29, 0.717) is 17.4 Å². The van der Waals surface area contributed by atoms with Crippen LogP contribution in [0.2, 0.25) is 0 Å². The minimum Gasteiger partial charge on any atom is -0.382 e. The van der Waals surface area contributed by atoms with Gasteiger partial charge < -0.3 is 5.32 Å². The van der Waals surface area contributed by atoms with Gasteiger partial charge in [-0.2, -0.15) is 5.10 Å². The van der Waals surface area contributed by atoms with E-state index < -0.39 is 10.0 Å². The SMILES string of the molecule is CCCC(CC)Nc1ccc(S(=O)(=O)NC)cc1-c1nc(C)n(C)n1. The lowest BCUT2D eigenvalue weighted by Crippen LogP contribution is -2.20. The molecular formula is C17H27N5O2S. The zero-order valence-corrected chi connectivity index (χ0v) is 16.3. The molecule has 0 spiro atoms. The van der Waals surface area contributed by atoms with Crippen LogP contribution in [0.1, 0.15) is 38.9 Å². The smallest absolute Gasteiger partial charge is 0.240 e. The van der Waals surface area contributed by atoms with Crippen molar-refractivity contribution < 1.29 is 8.42 Å². The lowest BCUT2D eigenvalue weighted by atomic mass is 10.1. The van der Waals surface area contributed by atoms with Gasteiger partial charge in [0, 0.05) is 24.3 Å². The van der Waals surface area contributed by atoms with Crippen molar-refractivity contribution in [3.05, 3.63) is 24.0 Å². The van der Waals surface area contributed by atoms with E-state index in [9.17, 15) is 8.42 Å². The van der Waals surface area contributed by atoms with Crippen LogP contribution in [0.25, 0.3) is 11.4 Å². The number of nitrogens with one attached hydrogen (secondary N) is 2. The van der Waals surface area contributed by atoms with Crippen LogP contribution in [0.5, 0.6) is 0 Å². The average Bonchev–Trinajstić information content (AvgIpc) is 2.93. The van der Waals surface area contributed by atoms with E-state index >= 15 is 0 Å². The van der Waals surface area contributed by atoms with Crippen molar-refractivity contribution in [2.24, 2.45) is 7.05 Å². The Kier molecular flexibility index (Phi) is 6.18. The van der Waals surface area contributed by atoms with Crippen LogP contribution >= 0.6 is 0 Å². The van der Waals surface area contributed by atoms with Gasteiger partial charge in [-0.15, -0.1) is 0 Å². The molecule has 0 bridgehead atoms. The third-order valence-corrected chi connectivity index (χ3v) is 5.69. The van der Waals surface area contributed by atoms with Gasteiger partial charge in [-0.05, 0) is 45.0 Å². The van der Waals surface area contributed by atoms with Crippen molar-refractivity contribution in [3.63, 3.8) is 0 Å². The maximum absolute atomic E-state index is 12.2. The summed E-state index contributed by atoms with van der Waals surface area (Å²) < 4.78 is 28.4. The van der Waals surface area contributed by atoms with Crippen molar-refractivity contribution in [3.8, 4) is 11.4 Å². The molecule has 0 amide bonds. The van der Waals surface area contributed by atoms with Crippen LogP contribution < -0.4 is 10.0 Å². The molecule has 1 aromatic heterocycles. The first-order valence-electron chi connectivity index (χ1n) is 8.54. The molecule has 2 rings (SSSR count). The molecule has 0 aliphatic carbocycles. The van der Waals surface area contributed by atoms with Gasteiger partial charge in [0.15, 0.2) is 5.82 Å². The summed E-state index contributed by atoms with van der Waals surface area (Å²) in [5, 5.41) is 7.94. The molecule has 7 nitrogen and oxygen atoms in total. The second-order valence-corrected chi connectivity index (χ2v) is 7.95. The summed E-state index contributed by atoms with van der Waals surface area (Å²) in [5.41, 5.74) is 1.54. The molecule has 0 aliphatic rings. The molecule has 0 fully saturated rings. The number of sulfonamides is 1. The highest BCUT2D eigenvalue weighted by Crippen LogP contribution is 2.30. The maximum atomic E-state index is 12.2. The van der Waals surface area contributed by atoms with Gasteiger partial charge in [0.25, 0.3) is 0 Å². The van der Waals surface area contributed by atoms with Gasteiger partial charge in [-0.1, -0.05) is 20.3 Å². The first kappa shape index (κ1) is 19.4. The summed E-state index contributed by atoms with van der Waals surface area (Å²) in [5.74, 6) is 1.28. The van der Waals surface area contributed by atoms with E-state index in [1.165, 1.54) is 7.05 Å². The topological polar surface area (TPSA) is 88.9 Å². The molecule has 1 atom stereocenters. The van der Waals surface area contributed by atoms with E-state index in [1.807, 2.05) is 14.0 Å². The van der Waals surface area contributed by atoms with E-state index in [0.717, 1.165) is 30.8 Å². The normalized spacial score (nSPS) is 13.0. The Morgan fingerprint density at radius 1 is 1.28 bits per heavy atom. The first-order chi connectivity index (χ1) is 11.8. The maximum Gasteiger partial charge on any atom is 0.240 e. The fourth-order valence-corrected chi connectivity index (χ4v) is 3.40. The van der Waals surface area contributed by atoms with Crippen molar-refractivity contribution >= 4 is 15.7 Å². The highest BCUT2D eigenvalue weighted by Gasteiger charge is 2.19. The third-order valence-electron chi connectivity index (χ3n) is 4.28. The van der Waals surface area contributed by atoms with Crippen LogP contribution in [0.15, 0.2) is 23.1 Å². The number of hydrogen-bond donors (Lipinski definition) is 2. The predicted octanol–water partition coefficient (Wildman–Crippen LogP) is 2.69. The molecule has 1 unspecified atom stereocenters.